The molecule has 2 aliphatic rings. The van der Waals surface area contributed by atoms with Crippen LogP contribution in [0.4, 0.5) is 0 Å². The zero-order valence-corrected chi connectivity index (χ0v) is 12.3. The molecule has 20 heavy (non-hydrogen) atoms. The number of carboxylic acids is 1. The Labute approximate surface area is 120 Å². The van der Waals surface area contributed by atoms with Gasteiger partial charge in [0.2, 0.25) is 0 Å². The van der Waals surface area contributed by atoms with E-state index in [0.717, 1.165) is 58.7 Å². The summed E-state index contributed by atoms with van der Waals surface area (Å²) in [5.74, 6) is -0.886. The smallest absolute Gasteiger partial charge is 0.329 e. The number of likely N-dealkylation sites (tertiary alicyclic amines) is 1. The second-order valence-electron chi connectivity index (χ2n) is 5.59. The molecule has 2 aliphatic heterocycles. The van der Waals surface area contributed by atoms with Gasteiger partial charge in [0.1, 0.15) is 6.61 Å². The summed E-state index contributed by atoms with van der Waals surface area (Å²) >= 11 is 0. The number of nitrogens with zero attached hydrogens (tertiary/aromatic N) is 2. The van der Waals surface area contributed by atoms with Crippen molar-refractivity contribution in [2.75, 3.05) is 52.5 Å². The molecule has 2 fully saturated rings. The monoisotopic (exact) mass is 286 g/mol. The summed E-state index contributed by atoms with van der Waals surface area (Å²) in [6.07, 6.45) is 2.23. The highest BCUT2D eigenvalue weighted by molar-refractivity contribution is 5.68. The van der Waals surface area contributed by atoms with Gasteiger partial charge < -0.3 is 19.5 Å². The molecule has 0 aromatic rings. The number of carbonyl (C=O) groups is 1. The average Bonchev–Trinajstić information content (AvgIpc) is 2.47. The number of morpholine rings is 1. The number of hydrogen-bond donors (Lipinski definition) is 1. The van der Waals surface area contributed by atoms with Gasteiger partial charge in [-0.3, -0.25) is 4.90 Å². The van der Waals surface area contributed by atoms with Crippen molar-refractivity contribution >= 4 is 5.97 Å². The van der Waals surface area contributed by atoms with E-state index in [1.165, 1.54) is 0 Å². The van der Waals surface area contributed by atoms with Crippen LogP contribution < -0.4 is 0 Å². The molecule has 1 unspecified atom stereocenters. The Balaban J connectivity index is 1.65. The molecule has 1 N–H and O–H groups in total. The minimum Gasteiger partial charge on any atom is -0.480 e. The van der Waals surface area contributed by atoms with Crippen LogP contribution in [-0.4, -0.2) is 85.6 Å². The fraction of sp³-hybridized carbons (Fsp3) is 0.929. The van der Waals surface area contributed by atoms with Crippen LogP contribution in [0, 0.1) is 0 Å². The maximum atomic E-state index is 10.5. The lowest BCUT2D eigenvalue weighted by atomic mass is 10.1. The highest BCUT2D eigenvalue weighted by Gasteiger charge is 2.25. The molecular weight excluding hydrogens is 260 g/mol. The van der Waals surface area contributed by atoms with E-state index in [1.54, 1.807) is 0 Å². The molecule has 116 valence electrons. The van der Waals surface area contributed by atoms with E-state index in [9.17, 15) is 4.79 Å². The highest BCUT2D eigenvalue weighted by atomic mass is 16.5. The van der Waals surface area contributed by atoms with Gasteiger partial charge in [0, 0.05) is 32.7 Å². The van der Waals surface area contributed by atoms with Gasteiger partial charge in [0.25, 0.3) is 0 Å². The van der Waals surface area contributed by atoms with Crippen molar-refractivity contribution in [1.82, 2.24) is 9.80 Å². The van der Waals surface area contributed by atoms with Gasteiger partial charge in [0.05, 0.1) is 18.8 Å². The minimum absolute atomic E-state index is 0.0989. The Bertz CT molecular complexity index is 306. The molecule has 0 aromatic heterocycles. The van der Waals surface area contributed by atoms with Gasteiger partial charge >= 0.3 is 5.97 Å². The van der Waals surface area contributed by atoms with Crippen molar-refractivity contribution < 1.29 is 19.4 Å². The van der Waals surface area contributed by atoms with Crippen LogP contribution in [0.1, 0.15) is 19.8 Å². The summed E-state index contributed by atoms with van der Waals surface area (Å²) < 4.78 is 11.2. The zero-order chi connectivity index (χ0) is 14.4. The first-order valence-electron chi connectivity index (χ1n) is 7.57. The second kappa shape index (κ2) is 7.93. The molecular formula is C14H26N2O4. The first kappa shape index (κ1) is 15.7. The molecule has 0 bridgehead atoms. The normalized spacial score (nSPS) is 26.8. The average molecular weight is 286 g/mol. The number of carboxylic acid groups (broad SMARTS) is 1. The number of rotatable bonds is 6. The van der Waals surface area contributed by atoms with Crippen LogP contribution in [0.25, 0.3) is 0 Å². The Hall–Kier alpha value is -0.690. The number of piperidine rings is 1. The summed E-state index contributed by atoms with van der Waals surface area (Å²) in [5, 5.41) is 8.60. The molecule has 1 atom stereocenters. The van der Waals surface area contributed by atoms with E-state index in [2.05, 4.69) is 16.7 Å². The van der Waals surface area contributed by atoms with E-state index in [4.69, 9.17) is 14.6 Å². The zero-order valence-electron chi connectivity index (χ0n) is 12.3. The van der Waals surface area contributed by atoms with Crippen LogP contribution in [0.3, 0.4) is 0 Å². The third-order valence-corrected chi connectivity index (χ3v) is 4.11. The Morgan fingerprint density at radius 2 is 2.05 bits per heavy atom. The quantitative estimate of drug-likeness (QED) is 0.756. The van der Waals surface area contributed by atoms with Gasteiger partial charge in [-0.2, -0.15) is 0 Å². The van der Waals surface area contributed by atoms with Crippen molar-refractivity contribution in [2.45, 2.75) is 32.0 Å². The molecule has 0 aliphatic carbocycles. The lowest BCUT2D eigenvalue weighted by molar-refractivity contribution is -0.145. The Morgan fingerprint density at radius 3 is 2.70 bits per heavy atom. The molecule has 6 heteroatoms. The molecule has 0 saturated carbocycles. The highest BCUT2D eigenvalue weighted by Crippen LogP contribution is 2.15. The molecule has 0 radical (unpaired) electrons. The maximum Gasteiger partial charge on any atom is 0.329 e. The second-order valence-corrected chi connectivity index (χ2v) is 5.59. The van der Waals surface area contributed by atoms with E-state index >= 15 is 0 Å². The van der Waals surface area contributed by atoms with E-state index in [-0.39, 0.29) is 12.7 Å². The molecule has 2 heterocycles. The molecule has 6 nitrogen and oxygen atoms in total. The lowest BCUT2D eigenvalue weighted by Gasteiger charge is -2.37. The van der Waals surface area contributed by atoms with Crippen LogP contribution >= 0.6 is 0 Å². The first-order chi connectivity index (χ1) is 9.67. The maximum absolute atomic E-state index is 10.5. The largest absolute Gasteiger partial charge is 0.480 e. The summed E-state index contributed by atoms with van der Waals surface area (Å²) in [5.41, 5.74) is 0. The van der Waals surface area contributed by atoms with Gasteiger partial charge in [0.15, 0.2) is 0 Å². The van der Waals surface area contributed by atoms with E-state index in [0.29, 0.717) is 6.10 Å². The predicted octanol–water partition coefficient (Wildman–Crippen LogP) is 0.273. The Morgan fingerprint density at radius 1 is 1.30 bits per heavy atom. The fourth-order valence-corrected chi connectivity index (χ4v) is 2.91. The summed E-state index contributed by atoms with van der Waals surface area (Å²) in [6, 6.07) is 0. The van der Waals surface area contributed by atoms with Crippen LogP contribution in [0.2, 0.25) is 0 Å². The van der Waals surface area contributed by atoms with Crippen LogP contribution in [0.15, 0.2) is 0 Å². The van der Waals surface area contributed by atoms with Crippen molar-refractivity contribution in [1.29, 1.82) is 0 Å². The van der Waals surface area contributed by atoms with Crippen molar-refractivity contribution in [3.8, 4) is 0 Å². The predicted molar refractivity (Wildman–Crippen MR) is 74.9 cm³/mol. The first-order valence-corrected chi connectivity index (χ1v) is 7.57. The van der Waals surface area contributed by atoms with Gasteiger partial charge in [-0.25, -0.2) is 4.79 Å². The van der Waals surface area contributed by atoms with E-state index < -0.39 is 5.97 Å². The van der Waals surface area contributed by atoms with E-state index in [1.807, 2.05) is 0 Å². The molecule has 0 spiro atoms. The molecule has 2 rings (SSSR count). The van der Waals surface area contributed by atoms with Crippen LogP contribution in [-0.2, 0) is 14.3 Å². The lowest BCUT2D eigenvalue weighted by Crippen LogP contribution is -2.49. The Kier molecular flexibility index (Phi) is 6.22. The van der Waals surface area contributed by atoms with Gasteiger partial charge in [-0.15, -0.1) is 0 Å². The van der Waals surface area contributed by atoms with Gasteiger partial charge in [-0.1, -0.05) is 6.92 Å². The summed E-state index contributed by atoms with van der Waals surface area (Å²) in [4.78, 5) is 15.3. The molecule has 0 amide bonds. The number of likely N-dealkylation sites (N-methyl/N-ethyl adjacent to an activating group) is 1. The third kappa shape index (κ3) is 5.01. The molecule has 0 aromatic carbocycles. The number of aliphatic carboxylic acids is 1. The van der Waals surface area contributed by atoms with Crippen LogP contribution in [0.5, 0.6) is 0 Å². The number of hydrogen-bond acceptors (Lipinski definition) is 5. The summed E-state index contributed by atoms with van der Waals surface area (Å²) in [6.45, 7) is 8.90. The van der Waals surface area contributed by atoms with Gasteiger partial charge in [-0.05, 0) is 19.4 Å². The minimum atomic E-state index is -0.886. The van der Waals surface area contributed by atoms with Crippen molar-refractivity contribution in [3.63, 3.8) is 0 Å². The third-order valence-electron chi connectivity index (χ3n) is 4.11. The SMILES string of the molecule is CCN1CCOC(CN2CCC(OCC(=O)O)CC2)C1. The van der Waals surface area contributed by atoms with Crippen molar-refractivity contribution in [3.05, 3.63) is 0 Å². The summed E-state index contributed by atoms with van der Waals surface area (Å²) in [7, 11) is 0. The molecule has 2 saturated heterocycles. The standard InChI is InChI=1S/C14H26N2O4/c1-2-15-7-8-19-13(9-15)10-16-5-3-12(4-6-16)20-11-14(17)18/h12-13H,2-11H2,1H3,(H,17,18). The number of ether oxygens (including phenoxy) is 2. The fourth-order valence-electron chi connectivity index (χ4n) is 2.91. The topological polar surface area (TPSA) is 62.2 Å². The van der Waals surface area contributed by atoms with Crippen molar-refractivity contribution in [2.24, 2.45) is 0 Å².